The second kappa shape index (κ2) is 7.98. The third-order valence-corrected chi connectivity index (χ3v) is 9.53. The SMILES string of the molecule is CC(C)C[C@H]1NCC[C@@H]2CC[C@@H]3[C@H](CC[C@]4(C)C(=O)CC[C@@H]34)[C@@]2(C)CCOC1=O. The van der Waals surface area contributed by atoms with Crippen LogP contribution in [0.5, 0.6) is 0 Å². The van der Waals surface area contributed by atoms with Crippen LogP contribution < -0.4 is 5.32 Å². The number of rotatable bonds is 2. The van der Waals surface area contributed by atoms with E-state index in [1.165, 1.54) is 19.3 Å². The van der Waals surface area contributed by atoms with Gasteiger partial charge in [-0.25, -0.2) is 0 Å². The molecule has 4 nitrogen and oxygen atoms in total. The van der Waals surface area contributed by atoms with Crippen LogP contribution in [0.1, 0.15) is 85.5 Å². The van der Waals surface area contributed by atoms with Crippen LogP contribution in [0.15, 0.2) is 0 Å². The Labute approximate surface area is 176 Å². The van der Waals surface area contributed by atoms with E-state index in [1.807, 2.05) is 0 Å². The Morgan fingerprint density at radius 2 is 1.83 bits per heavy atom. The average molecular weight is 404 g/mol. The van der Waals surface area contributed by atoms with Crippen molar-refractivity contribution in [3.8, 4) is 0 Å². The molecule has 4 fully saturated rings. The molecule has 1 saturated heterocycles. The van der Waals surface area contributed by atoms with E-state index >= 15 is 0 Å². The lowest BCUT2D eigenvalue weighted by molar-refractivity contribution is -0.153. The van der Waals surface area contributed by atoms with Gasteiger partial charge in [-0.1, -0.05) is 27.7 Å². The molecule has 1 aliphatic heterocycles. The second-order valence-electron chi connectivity index (χ2n) is 11.4. The molecule has 1 heterocycles. The molecule has 0 bridgehead atoms. The zero-order valence-electron chi connectivity index (χ0n) is 19.0. The summed E-state index contributed by atoms with van der Waals surface area (Å²) in [4.78, 5) is 25.2. The lowest BCUT2D eigenvalue weighted by atomic mass is 9.46. The average Bonchev–Trinajstić information content (AvgIpc) is 2.97. The van der Waals surface area contributed by atoms with Crippen LogP contribution in [0.25, 0.3) is 0 Å². The van der Waals surface area contributed by atoms with Gasteiger partial charge in [0.2, 0.25) is 0 Å². The Bertz CT molecular complexity index is 646. The zero-order chi connectivity index (χ0) is 20.8. The molecule has 4 aliphatic rings. The molecule has 0 aromatic heterocycles. The van der Waals surface area contributed by atoms with Crippen LogP contribution >= 0.6 is 0 Å². The van der Waals surface area contributed by atoms with Crippen LogP contribution in [-0.4, -0.2) is 30.9 Å². The van der Waals surface area contributed by atoms with Gasteiger partial charge in [-0.2, -0.15) is 0 Å². The molecule has 0 aromatic carbocycles. The number of ether oxygens (including phenoxy) is 1. The number of cyclic esters (lactones) is 1. The van der Waals surface area contributed by atoms with Gasteiger partial charge in [-0.15, -0.1) is 0 Å². The predicted molar refractivity (Wildman–Crippen MR) is 114 cm³/mol. The van der Waals surface area contributed by atoms with Crippen molar-refractivity contribution in [2.24, 2.45) is 40.4 Å². The number of carbonyl (C=O) groups is 2. The van der Waals surface area contributed by atoms with E-state index in [4.69, 9.17) is 4.74 Å². The third-order valence-electron chi connectivity index (χ3n) is 9.53. The van der Waals surface area contributed by atoms with Crippen molar-refractivity contribution < 1.29 is 14.3 Å². The smallest absolute Gasteiger partial charge is 0.323 e. The second-order valence-corrected chi connectivity index (χ2v) is 11.4. The van der Waals surface area contributed by atoms with Gasteiger partial charge in [0.25, 0.3) is 0 Å². The van der Waals surface area contributed by atoms with Crippen molar-refractivity contribution in [2.75, 3.05) is 13.2 Å². The van der Waals surface area contributed by atoms with Gasteiger partial charge in [0.05, 0.1) is 6.61 Å². The first kappa shape index (κ1) is 21.3. The maximum Gasteiger partial charge on any atom is 0.323 e. The lowest BCUT2D eigenvalue weighted by Gasteiger charge is -2.58. The van der Waals surface area contributed by atoms with Crippen LogP contribution in [0, 0.1) is 40.4 Å². The molecule has 4 heteroatoms. The van der Waals surface area contributed by atoms with Crippen molar-refractivity contribution in [2.45, 2.75) is 91.5 Å². The highest BCUT2D eigenvalue weighted by Crippen LogP contribution is 2.64. The molecule has 0 amide bonds. The van der Waals surface area contributed by atoms with Crippen LogP contribution in [-0.2, 0) is 14.3 Å². The van der Waals surface area contributed by atoms with E-state index in [0.29, 0.717) is 42.0 Å². The number of esters is 1. The topological polar surface area (TPSA) is 55.4 Å². The van der Waals surface area contributed by atoms with Crippen LogP contribution in [0.3, 0.4) is 0 Å². The molecule has 0 radical (unpaired) electrons. The third kappa shape index (κ3) is 3.68. The van der Waals surface area contributed by atoms with Gasteiger partial charge in [0.1, 0.15) is 11.8 Å². The fourth-order valence-corrected chi connectivity index (χ4v) is 7.81. The summed E-state index contributed by atoms with van der Waals surface area (Å²) in [5.41, 5.74) is 0.168. The number of hydrogen-bond acceptors (Lipinski definition) is 4. The van der Waals surface area contributed by atoms with E-state index in [1.54, 1.807) is 0 Å². The van der Waals surface area contributed by atoms with Crippen molar-refractivity contribution >= 4 is 11.8 Å². The first-order valence-electron chi connectivity index (χ1n) is 12.2. The summed E-state index contributed by atoms with van der Waals surface area (Å²) in [5.74, 6) is 3.57. The van der Waals surface area contributed by atoms with Gasteiger partial charge in [-0.3, -0.25) is 9.59 Å². The Morgan fingerprint density at radius 1 is 1.03 bits per heavy atom. The highest BCUT2D eigenvalue weighted by atomic mass is 16.5. The van der Waals surface area contributed by atoms with E-state index in [-0.39, 0.29) is 22.8 Å². The summed E-state index contributed by atoms with van der Waals surface area (Å²) in [5, 5.41) is 3.52. The Balaban J connectivity index is 1.51. The molecule has 29 heavy (non-hydrogen) atoms. The van der Waals surface area contributed by atoms with Gasteiger partial charge in [0, 0.05) is 11.8 Å². The summed E-state index contributed by atoms with van der Waals surface area (Å²) in [6, 6.07) is -0.157. The molecule has 0 aromatic rings. The summed E-state index contributed by atoms with van der Waals surface area (Å²) >= 11 is 0. The van der Waals surface area contributed by atoms with Crippen molar-refractivity contribution in [1.82, 2.24) is 5.32 Å². The zero-order valence-corrected chi connectivity index (χ0v) is 19.0. The molecule has 3 saturated carbocycles. The van der Waals surface area contributed by atoms with Crippen molar-refractivity contribution in [3.05, 3.63) is 0 Å². The Morgan fingerprint density at radius 3 is 2.59 bits per heavy atom. The first-order chi connectivity index (χ1) is 13.8. The predicted octanol–water partition coefficient (Wildman–Crippen LogP) is 4.76. The highest BCUT2D eigenvalue weighted by molar-refractivity contribution is 5.87. The maximum absolute atomic E-state index is 12.6. The molecule has 164 valence electrons. The number of carbonyl (C=O) groups excluding carboxylic acids is 2. The Kier molecular flexibility index (Phi) is 5.87. The van der Waals surface area contributed by atoms with Crippen molar-refractivity contribution in [1.29, 1.82) is 0 Å². The molecular weight excluding hydrogens is 362 g/mol. The lowest BCUT2D eigenvalue weighted by Crippen LogP contribution is -2.53. The minimum absolute atomic E-state index is 0.0571. The largest absolute Gasteiger partial charge is 0.465 e. The normalized spacial score (nSPS) is 45.9. The fourth-order valence-electron chi connectivity index (χ4n) is 7.81. The molecule has 0 unspecified atom stereocenters. The Hall–Kier alpha value is -0.900. The standard InChI is InChI=1S/C25H41NO3/c1-16(2)15-21-23(28)29-14-12-24(3)17(10-13-26-21)5-6-18-19-7-8-22(27)25(19,4)11-9-20(18)24/h16-21,26H,5-15H2,1-4H3/t17-,18-,19-,20-,21+,24-,25-/m0/s1. The number of ketones is 1. The minimum atomic E-state index is -0.157. The fraction of sp³-hybridized carbons (Fsp3) is 0.920. The van der Waals surface area contributed by atoms with Crippen molar-refractivity contribution in [3.63, 3.8) is 0 Å². The van der Waals surface area contributed by atoms with Gasteiger partial charge in [-0.05, 0) is 92.9 Å². The van der Waals surface area contributed by atoms with Gasteiger partial charge < -0.3 is 10.1 Å². The van der Waals surface area contributed by atoms with E-state index in [2.05, 4.69) is 33.0 Å². The summed E-state index contributed by atoms with van der Waals surface area (Å²) < 4.78 is 5.79. The minimum Gasteiger partial charge on any atom is -0.465 e. The quantitative estimate of drug-likeness (QED) is 0.676. The molecule has 1 N–H and O–H groups in total. The summed E-state index contributed by atoms with van der Waals surface area (Å²) in [7, 11) is 0. The van der Waals surface area contributed by atoms with Gasteiger partial charge >= 0.3 is 5.97 Å². The first-order valence-corrected chi connectivity index (χ1v) is 12.2. The van der Waals surface area contributed by atoms with E-state index in [0.717, 1.165) is 45.1 Å². The summed E-state index contributed by atoms with van der Waals surface area (Å²) in [6.07, 6.45) is 9.67. The number of fused-ring (bicyclic) bond motifs is 5. The number of hydrogen-bond donors (Lipinski definition) is 1. The highest BCUT2D eigenvalue weighted by Gasteiger charge is 2.59. The van der Waals surface area contributed by atoms with Crippen LogP contribution in [0.2, 0.25) is 0 Å². The monoisotopic (exact) mass is 403 g/mol. The molecule has 4 rings (SSSR count). The maximum atomic E-state index is 12.6. The number of nitrogens with one attached hydrogen (secondary N) is 1. The summed E-state index contributed by atoms with van der Waals surface area (Å²) in [6.45, 7) is 10.5. The molecule has 7 atom stereocenters. The number of Topliss-reactive ketones (excluding diaryl/α,β-unsaturated/α-hetero) is 1. The van der Waals surface area contributed by atoms with E-state index in [9.17, 15) is 9.59 Å². The molecule has 0 spiro atoms. The van der Waals surface area contributed by atoms with E-state index < -0.39 is 0 Å². The van der Waals surface area contributed by atoms with Gasteiger partial charge in [0.15, 0.2) is 0 Å². The molecule has 3 aliphatic carbocycles. The van der Waals surface area contributed by atoms with Crippen LogP contribution in [0.4, 0.5) is 0 Å². The molecular formula is C25H41NO3.